The van der Waals surface area contributed by atoms with E-state index >= 15 is 0 Å². The van der Waals surface area contributed by atoms with E-state index in [1.54, 1.807) is 45.0 Å². The number of benzene rings is 1. The van der Waals surface area contributed by atoms with Crippen molar-refractivity contribution in [2.24, 2.45) is 5.73 Å². The van der Waals surface area contributed by atoms with Crippen LogP contribution >= 0.6 is 12.2 Å². The lowest BCUT2D eigenvalue weighted by atomic mass is 9.95. The van der Waals surface area contributed by atoms with Gasteiger partial charge in [-0.05, 0) is 50.7 Å². The van der Waals surface area contributed by atoms with Crippen LogP contribution in [0.3, 0.4) is 0 Å². The maximum Gasteiger partial charge on any atom is 0.338 e. The van der Waals surface area contributed by atoms with Crippen molar-refractivity contribution in [1.29, 1.82) is 0 Å². The lowest BCUT2D eigenvalue weighted by molar-refractivity contribution is -0.143. The van der Waals surface area contributed by atoms with Crippen molar-refractivity contribution >= 4 is 29.2 Å². The summed E-state index contributed by atoms with van der Waals surface area (Å²) >= 11 is 5.20. The number of nitrogens with two attached hydrogens (primary N) is 1. The molecule has 1 aliphatic heterocycles. The van der Waals surface area contributed by atoms with Gasteiger partial charge in [0.2, 0.25) is 0 Å². The molecule has 134 valence electrons. The van der Waals surface area contributed by atoms with Crippen molar-refractivity contribution in [3.8, 4) is 5.75 Å². The summed E-state index contributed by atoms with van der Waals surface area (Å²) in [6, 6.07) is 6.54. The van der Waals surface area contributed by atoms with E-state index in [2.05, 4.69) is 10.6 Å². The van der Waals surface area contributed by atoms with Gasteiger partial charge in [-0.25, -0.2) is 4.79 Å². The summed E-state index contributed by atoms with van der Waals surface area (Å²) in [5, 5.41) is 6.46. The molecular weight excluding hydrogens is 342 g/mol. The van der Waals surface area contributed by atoms with E-state index in [0.29, 0.717) is 22.1 Å². The minimum absolute atomic E-state index is 0.194. The molecule has 1 heterocycles. The second kappa shape index (κ2) is 7.98. The summed E-state index contributed by atoms with van der Waals surface area (Å²) in [4.78, 5) is 23.2. The number of primary amides is 1. The van der Waals surface area contributed by atoms with E-state index in [1.807, 2.05) is 0 Å². The van der Waals surface area contributed by atoms with Crippen LogP contribution in [0.2, 0.25) is 0 Å². The fourth-order valence-corrected chi connectivity index (χ4v) is 2.67. The van der Waals surface area contributed by atoms with E-state index in [4.69, 9.17) is 27.4 Å². The zero-order chi connectivity index (χ0) is 18.6. The average Bonchev–Trinajstić information content (AvgIpc) is 2.51. The Bertz CT molecular complexity index is 713. The van der Waals surface area contributed by atoms with Crippen LogP contribution in [0.1, 0.15) is 32.4 Å². The first kappa shape index (κ1) is 18.7. The molecule has 0 fully saturated rings. The first-order chi connectivity index (χ1) is 11.8. The second-order valence-electron chi connectivity index (χ2n) is 5.85. The number of allylic oxidation sites excluding steroid dienone is 1. The lowest BCUT2D eigenvalue weighted by Gasteiger charge is -2.30. The molecule has 1 aromatic rings. The Morgan fingerprint density at radius 1 is 1.28 bits per heavy atom. The molecule has 0 bridgehead atoms. The van der Waals surface area contributed by atoms with Crippen LogP contribution in [0.15, 0.2) is 35.5 Å². The number of esters is 1. The van der Waals surface area contributed by atoms with Gasteiger partial charge in [-0.1, -0.05) is 12.1 Å². The Kier molecular flexibility index (Phi) is 5.97. The van der Waals surface area contributed by atoms with Crippen LogP contribution in [0.25, 0.3) is 0 Å². The van der Waals surface area contributed by atoms with Gasteiger partial charge in [-0.2, -0.15) is 0 Å². The predicted octanol–water partition coefficient (Wildman–Crippen LogP) is 1.30. The smallest absolute Gasteiger partial charge is 0.338 e. The highest BCUT2D eigenvalue weighted by Crippen LogP contribution is 2.29. The molecule has 1 atom stereocenters. The van der Waals surface area contributed by atoms with Gasteiger partial charge in [-0.3, -0.25) is 4.79 Å². The number of hydrogen-bond acceptors (Lipinski definition) is 5. The molecule has 0 aromatic heterocycles. The molecule has 2 rings (SSSR count). The van der Waals surface area contributed by atoms with Crippen molar-refractivity contribution in [2.45, 2.75) is 32.9 Å². The molecule has 1 aromatic carbocycles. The summed E-state index contributed by atoms with van der Waals surface area (Å²) in [6.45, 7) is 5.17. The lowest BCUT2D eigenvalue weighted by Crippen LogP contribution is -2.45. The van der Waals surface area contributed by atoms with Crippen molar-refractivity contribution in [1.82, 2.24) is 10.6 Å². The van der Waals surface area contributed by atoms with Gasteiger partial charge in [0.1, 0.15) is 5.75 Å². The standard InChI is InChI=1S/C17H21N3O4S/c1-9(2)24-16(22)14-10(3)19-17(25)20-15(14)11-4-6-12(7-5-11)23-8-13(18)21/h4-7,9,15H,8H2,1-3H3,(H2,18,21)(H2,19,20,25). The summed E-state index contributed by atoms with van der Waals surface area (Å²) in [5.74, 6) is -0.452. The van der Waals surface area contributed by atoms with Crippen molar-refractivity contribution in [3.63, 3.8) is 0 Å². The minimum Gasteiger partial charge on any atom is -0.484 e. The van der Waals surface area contributed by atoms with E-state index in [9.17, 15) is 9.59 Å². The molecule has 0 saturated heterocycles. The predicted molar refractivity (Wildman–Crippen MR) is 96.7 cm³/mol. The number of carbonyl (C=O) groups is 2. The molecule has 7 nitrogen and oxygen atoms in total. The molecule has 0 saturated carbocycles. The SMILES string of the molecule is CC1=C(C(=O)OC(C)C)C(c2ccc(OCC(N)=O)cc2)NC(=S)N1. The molecule has 0 aliphatic carbocycles. The third-order valence-corrected chi connectivity index (χ3v) is 3.65. The Labute approximate surface area is 151 Å². The van der Waals surface area contributed by atoms with Crippen LogP contribution < -0.4 is 21.1 Å². The first-order valence-corrected chi connectivity index (χ1v) is 8.19. The first-order valence-electron chi connectivity index (χ1n) is 7.78. The third-order valence-electron chi connectivity index (χ3n) is 3.43. The second-order valence-corrected chi connectivity index (χ2v) is 6.26. The number of ether oxygens (including phenoxy) is 2. The summed E-state index contributed by atoms with van der Waals surface area (Å²) < 4.78 is 10.6. The molecule has 1 unspecified atom stereocenters. The van der Waals surface area contributed by atoms with E-state index in [-0.39, 0.29) is 12.7 Å². The maximum atomic E-state index is 12.5. The largest absolute Gasteiger partial charge is 0.484 e. The van der Waals surface area contributed by atoms with Gasteiger partial charge in [0, 0.05) is 5.70 Å². The molecule has 1 aliphatic rings. The summed E-state index contributed by atoms with van der Waals surface area (Å²) in [5.41, 5.74) is 6.98. The Balaban J connectivity index is 2.27. The third kappa shape index (κ3) is 4.93. The van der Waals surface area contributed by atoms with E-state index in [0.717, 1.165) is 5.56 Å². The number of rotatable bonds is 6. The Morgan fingerprint density at radius 2 is 1.92 bits per heavy atom. The highest BCUT2D eigenvalue weighted by Gasteiger charge is 2.31. The Morgan fingerprint density at radius 3 is 2.48 bits per heavy atom. The zero-order valence-electron chi connectivity index (χ0n) is 14.3. The normalized spacial score (nSPS) is 17.0. The molecule has 25 heavy (non-hydrogen) atoms. The van der Waals surface area contributed by atoms with Gasteiger partial charge in [0.15, 0.2) is 11.7 Å². The van der Waals surface area contributed by atoms with Crippen LogP contribution in [-0.4, -0.2) is 29.7 Å². The number of nitrogens with one attached hydrogen (secondary N) is 2. The number of carbonyl (C=O) groups excluding carboxylic acids is 2. The van der Waals surface area contributed by atoms with Crippen LogP contribution in [-0.2, 0) is 14.3 Å². The topological polar surface area (TPSA) is 103 Å². The molecule has 4 N–H and O–H groups in total. The summed E-state index contributed by atoms with van der Waals surface area (Å²) in [7, 11) is 0. The van der Waals surface area contributed by atoms with E-state index < -0.39 is 17.9 Å². The van der Waals surface area contributed by atoms with Gasteiger partial charge >= 0.3 is 5.97 Å². The molecule has 0 radical (unpaired) electrons. The molecule has 8 heteroatoms. The number of amides is 1. The fourth-order valence-electron chi connectivity index (χ4n) is 2.40. The number of thiocarbonyl (C=S) groups is 1. The minimum atomic E-state index is -0.549. The van der Waals surface area contributed by atoms with E-state index in [1.165, 1.54) is 0 Å². The van der Waals surface area contributed by atoms with Gasteiger partial charge in [0.05, 0.1) is 17.7 Å². The van der Waals surface area contributed by atoms with Crippen LogP contribution in [0.5, 0.6) is 5.75 Å². The number of hydrogen-bond donors (Lipinski definition) is 3. The van der Waals surface area contributed by atoms with Crippen LogP contribution in [0.4, 0.5) is 0 Å². The zero-order valence-corrected chi connectivity index (χ0v) is 15.1. The molecule has 1 amide bonds. The maximum absolute atomic E-state index is 12.5. The average molecular weight is 363 g/mol. The van der Waals surface area contributed by atoms with Crippen LogP contribution in [0, 0.1) is 0 Å². The monoisotopic (exact) mass is 363 g/mol. The quantitative estimate of drug-likeness (QED) is 0.517. The van der Waals surface area contributed by atoms with Crippen molar-refractivity contribution < 1.29 is 19.1 Å². The summed E-state index contributed by atoms with van der Waals surface area (Å²) in [6.07, 6.45) is -0.230. The van der Waals surface area contributed by atoms with Gasteiger partial charge in [0.25, 0.3) is 5.91 Å². The van der Waals surface area contributed by atoms with Crippen molar-refractivity contribution in [3.05, 3.63) is 41.1 Å². The highest BCUT2D eigenvalue weighted by molar-refractivity contribution is 7.80. The molecular formula is C17H21N3O4S. The fraction of sp³-hybridized carbons (Fsp3) is 0.353. The van der Waals surface area contributed by atoms with Crippen molar-refractivity contribution in [2.75, 3.05) is 6.61 Å². The molecule has 0 spiro atoms. The van der Waals surface area contributed by atoms with Gasteiger partial charge in [-0.15, -0.1) is 0 Å². The Hall–Kier alpha value is -2.61. The van der Waals surface area contributed by atoms with Gasteiger partial charge < -0.3 is 25.8 Å². The highest BCUT2D eigenvalue weighted by atomic mass is 32.1.